The zero-order valence-electron chi connectivity index (χ0n) is 8.98. The van der Waals surface area contributed by atoms with Crippen molar-refractivity contribution in [3.63, 3.8) is 0 Å². The molecule has 5 nitrogen and oxygen atoms in total. The summed E-state index contributed by atoms with van der Waals surface area (Å²) in [6.07, 6.45) is 1.88. The maximum absolute atomic E-state index is 11.3. The second kappa shape index (κ2) is 4.92. The molecule has 0 aromatic heterocycles. The van der Waals surface area contributed by atoms with Crippen LogP contribution >= 0.6 is 0 Å². The molecule has 2 aliphatic heterocycles. The molecule has 0 aliphatic carbocycles. The first-order valence-electron chi connectivity index (χ1n) is 5.70. The minimum absolute atomic E-state index is 0.394. The third kappa shape index (κ3) is 2.48. The minimum atomic E-state index is -0.696. The summed E-state index contributed by atoms with van der Waals surface area (Å²) in [5.74, 6) is -0.696. The Morgan fingerprint density at radius 2 is 1.60 bits per heavy atom. The van der Waals surface area contributed by atoms with Gasteiger partial charge in [0.1, 0.15) is 0 Å². The normalized spacial score (nSPS) is 26.7. The molecule has 5 heteroatoms. The number of carboxylic acids is 1. The molecule has 1 atom stereocenters. The van der Waals surface area contributed by atoms with Gasteiger partial charge < -0.3 is 10.4 Å². The molecule has 2 saturated heterocycles. The number of carboxylic acid groups (broad SMARTS) is 1. The SMILES string of the molecule is O=C(O)C(N1CCCC1)N1CCNCC1. The van der Waals surface area contributed by atoms with E-state index in [1.807, 2.05) is 0 Å². The van der Waals surface area contributed by atoms with E-state index >= 15 is 0 Å². The molecule has 2 N–H and O–H groups in total. The van der Waals surface area contributed by atoms with Gasteiger partial charge in [0.2, 0.25) is 0 Å². The monoisotopic (exact) mass is 213 g/mol. The Labute approximate surface area is 90.0 Å². The summed E-state index contributed by atoms with van der Waals surface area (Å²) in [7, 11) is 0. The Bertz CT molecular complexity index is 223. The van der Waals surface area contributed by atoms with Crippen LogP contribution in [0.5, 0.6) is 0 Å². The Kier molecular flexibility index (Phi) is 3.56. The van der Waals surface area contributed by atoms with Crippen LogP contribution in [0.1, 0.15) is 12.8 Å². The van der Waals surface area contributed by atoms with E-state index in [0.29, 0.717) is 0 Å². The average molecular weight is 213 g/mol. The zero-order chi connectivity index (χ0) is 10.7. The molecule has 2 heterocycles. The number of hydrogen-bond acceptors (Lipinski definition) is 4. The van der Waals surface area contributed by atoms with E-state index in [9.17, 15) is 9.90 Å². The van der Waals surface area contributed by atoms with Gasteiger partial charge in [-0.05, 0) is 12.8 Å². The lowest BCUT2D eigenvalue weighted by atomic mass is 10.3. The minimum Gasteiger partial charge on any atom is -0.479 e. The Balaban J connectivity index is 2.00. The summed E-state index contributed by atoms with van der Waals surface area (Å²) in [6.45, 7) is 5.35. The van der Waals surface area contributed by atoms with E-state index in [1.165, 1.54) is 0 Å². The number of nitrogens with one attached hydrogen (secondary N) is 1. The topological polar surface area (TPSA) is 55.8 Å². The molecule has 0 aromatic rings. The third-order valence-electron chi connectivity index (χ3n) is 3.20. The van der Waals surface area contributed by atoms with Gasteiger partial charge in [-0.15, -0.1) is 0 Å². The Morgan fingerprint density at radius 3 is 2.13 bits per heavy atom. The van der Waals surface area contributed by atoms with E-state index in [-0.39, 0.29) is 0 Å². The second-order valence-electron chi connectivity index (χ2n) is 4.24. The van der Waals surface area contributed by atoms with E-state index in [4.69, 9.17) is 0 Å². The largest absolute Gasteiger partial charge is 0.479 e. The Morgan fingerprint density at radius 1 is 1.07 bits per heavy atom. The maximum atomic E-state index is 11.3. The fraction of sp³-hybridized carbons (Fsp3) is 0.900. The molecule has 2 fully saturated rings. The van der Waals surface area contributed by atoms with Crippen LogP contribution in [0, 0.1) is 0 Å². The standard InChI is InChI=1S/C10H19N3O2/c14-10(15)9(12-5-1-2-6-12)13-7-3-11-4-8-13/h9,11H,1-8H2,(H,14,15). The van der Waals surface area contributed by atoms with Crippen molar-refractivity contribution in [1.82, 2.24) is 15.1 Å². The molecule has 0 aromatic carbocycles. The van der Waals surface area contributed by atoms with E-state index in [0.717, 1.165) is 52.1 Å². The highest BCUT2D eigenvalue weighted by atomic mass is 16.4. The molecular formula is C10H19N3O2. The van der Waals surface area contributed by atoms with Gasteiger partial charge in [-0.3, -0.25) is 9.80 Å². The maximum Gasteiger partial charge on any atom is 0.336 e. The van der Waals surface area contributed by atoms with Gasteiger partial charge in [-0.2, -0.15) is 0 Å². The molecule has 1 unspecified atom stereocenters. The summed E-state index contributed by atoms with van der Waals surface area (Å²) in [4.78, 5) is 15.4. The van der Waals surface area contributed by atoms with Crippen molar-refractivity contribution in [2.75, 3.05) is 39.3 Å². The van der Waals surface area contributed by atoms with Crippen molar-refractivity contribution < 1.29 is 9.90 Å². The first-order valence-corrected chi connectivity index (χ1v) is 5.70. The third-order valence-corrected chi connectivity index (χ3v) is 3.20. The molecule has 0 saturated carbocycles. The van der Waals surface area contributed by atoms with Crippen LogP contribution in [0.3, 0.4) is 0 Å². The lowest BCUT2D eigenvalue weighted by Gasteiger charge is -2.37. The van der Waals surface area contributed by atoms with E-state index in [1.54, 1.807) is 0 Å². The van der Waals surface area contributed by atoms with Crippen LogP contribution in [-0.4, -0.2) is 66.3 Å². The molecule has 0 bridgehead atoms. The first-order chi connectivity index (χ1) is 7.29. The van der Waals surface area contributed by atoms with Gasteiger partial charge in [0.15, 0.2) is 6.17 Å². The average Bonchev–Trinajstić information content (AvgIpc) is 2.72. The number of rotatable bonds is 3. The lowest BCUT2D eigenvalue weighted by molar-refractivity contribution is -0.151. The number of hydrogen-bond donors (Lipinski definition) is 2. The van der Waals surface area contributed by atoms with Gasteiger partial charge in [-0.1, -0.05) is 0 Å². The van der Waals surface area contributed by atoms with Gasteiger partial charge in [0, 0.05) is 39.3 Å². The predicted octanol–water partition coefficient (Wildman–Crippen LogP) is -0.602. The molecular weight excluding hydrogens is 194 g/mol. The van der Waals surface area contributed by atoms with Crippen molar-refractivity contribution in [2.24, 2.45) is 0 Å². The van der Waals surface area contributed by atoms with Crippen LogP contribution in [-0.2, 0) is 4.79 Å². The first kappa shape index (κ1) is 10.9. The van der Waals surface area contributed by atoms with Crippen molar-refractivity contribution in [3.8, 4) is 0 Å². The smallest absolute Gasteiger partial charge is 0.336 e. The molecule has 0 amide bonds. The summed E-state index contributed by atoms with van der Waals surface area (Å²) in [5.41, 5.74) is 0. The van der Waals surface area contributed by atoms with Crippen LogP contribution in [0.4, 0.5) is 0 Å². The quantitative estimate of drug-likeness (QED) is 0.655. The summed E-state index contributed by atoms with van der Waals surface area (Å²) in [6, 6.07) is 0. The second-order valence-corrected chi connectivity index (χ2v) is 4.24. The van der Waals surface area contributed by atoms with Crippen molar-refractivity contribution in [2.45, 2.75) is 19.0 Å². The number of carbonyl (C=O) groups is 1. The lowest BCUT2D eigenvalue weighted by Crippen LogP contribution is -2.57. The van der Waals surface area contributed by atoms with Crippen LogP contribution in [0.25, 0.3) is 0 Å². The number of nitrogens with zero attached hydrogens (tertiary/aromatic N) is 2. The molecule has 86 valence electrons. The summed E-state index contributed by atoms with van der Waals surface area (Å²) >= 11 is 0. The van der Waals surface area contributed by atoms with Gasteiger partial charge >= 0.3 is 5.97 Å². The molecule has 0 radical (unpaired) electrons. The van der Waals surface area contributed by atoms with Gasteiger partial charge in [0.05, 0.1) is 0 Å². The van der Waals surface area contributed by atoms with Crippen LogP contribution < -0.4 is 5.32 Å². The highest BCUT2D eigenvalue weighted by Gasteiger charge is 2.33. The fourth-order valence-corrected chi connectivity index (χ4v) is 2.46. The zero-order valence-corrected chi connectivity index (χ0v) is 8.98. The summed E-state index contributed by atoms with van der Waals surface area (Å²) in [5, 5.41) is 12.5. The Hall–Kier alpha value is -0.650. The highest BCUT2D eigenvalue weighted by molar-refractivity contribution is 5.73. The number of piperazine rings is 1. The van der Waals surface area contributed by atoms with Crippen molar-refractivity contribution in [1.29, 1.82) is 0 Å². The molecule has 2 aliphatic rings. The van der Waals surface area contributed by atoms with Crippen LogP contribution in [0.2, 0.25) is 0 Å². The number of likely N-dealkylation sites (tertiary alicyclic amines) is 1. The van der Waals surface area contributed by atoms with Crippen molar-refractivity contribution >= 4 is 5.97 Å². The highest BCUT2D eigenvalue weighted by Crippen LogP contribution is 2.15. The van der Waals surface area contributed by atoms with Crippen molar-refractivity contribution in [3.05, 3.63) is 0 Å². The molecule has 15 heavy (non-hydrogen) atoms. The van der Waals surface area contributed by atoms with Crippen LogP contribution in [0.15, 0.2) is 0 Å². The summed E-state index contributed by atoms with van der Waals surface area (Å²) < 4.78 is 0. The predicted molar refractivity (Wildman–Crippen MR) is 56.7 cm³/mol. The number of aliphatic carboxylic acids is 1. The van der Waals surface area contributed by atoms with E-state index in [2.05, 4.69) is 15.1 Å². The molecule has 0 spiro atoms. The molecule has 2 rings (SSSR count). The fourth-order valence-electron chi connectivity index (χ4n) is 2.46. The van der Waals surface area contributed by atoms with Gasteiger partial charge in [-0.25, -0.2) is 4.79 Å². The van der Waals surface area contributed by atoms with Gasteiger partial charge in [0.25, 0.3) is 0 Å². The van der Waals surface area contributed by atoms with E-state index < -0.39 is 12.1 Å².